The van der Waals surface area contributed by atoms with Crippen LogP contribution in [0.3, 0.4) is 0 Å². The molecular formula is C17H25N3O4. The monoisotopic (exact) mass is 335 g/mol. The summed E-state index contributed by atoms with van der Waals surface area (Å²) in [5.41, 5.74) is -0.321. The summed E-state index contributed by atoms with van der Waals surface area (Å²) in [6.07, 6.45) is 5.60. The Bertz CT molecular complexity index is 599. The lowest BCUT2D eigenvalue weighted by Crippen LogP contribution is -2.54. The van der Waals surface area contributed by atoms with Crippen LogP contribution < -0.4 is 4.90 Å². The molecule has 0 saturated carbocycles. The van der Waals surface area contributed by atoms with E-state index in [1.54, 1.807) is 6.20 Å². The lowest BCUT2D eigenvalue weighted by molar-refractivity contribution is -0.183. The summed E-state index contributed by atoms with van der Waals surface area (Å²) in [7, 11) is 0. The van der Waals surface area contributed by atoms with Crippen LogP contribution in [-0.2, 0) is 4.74 Å². The number of aromatic nitrogens is 2. The van der Waals surface area contributed by atoms with Crippen molar-refractivity contribution in [1.29, 1.82) is 0 Å². The minimum atomic E-state index is -1.07. The van der Waals surface area contributed by atoms with Gasteiger partial charge in [0.15, 0.2) is 5.69 Å². The molecule has 0 aliphatic carbocycles. The van der Waals surface area contributed by atoms with Crippen molar-refractivity contribution in [3.8, 4) is 0 Å². The van der Waals surface area contributed by atoms with E-state index in [0.717, 1.165) is 25.9 Å². The van der Waals surface area contributed by atoms with Gasteiger partial charge in [-0.15, -0.1) is 0 Å². The van der Waals surface area contributed by atoms with Crippen molar-refractivity contribution in [3.63, 3.8) is 0 Å². The largest absolute Gasteiger partial charge is 0.476 e. The highest BCUT2D eigenvalue weighted by Crippen LogP contribution is 2.39. The number of nitrogens with zero attached hydrogens (tertiary/aromatic N) is 3. The van der Waals surface area contributed by atoms with Gasteiger partial charge in [-0.2, -0.15) is 0 Å². The highest BCUT2D eigenvalue weighted by Gasteiger charge is 2.44. The molecule has 3 heterocycles. The van der Waals surface area contributed by atoms with Crippen molar-refractivity contribution in [2.24, 2.45) is 5.92 Å². The molecule has 7 heteroatoms. The summed E-state index contributed by atoms with van der Waals surface area (Å²) in [6.45, 7) is 5.68. The van der Waals surface area contributed by atoms with E-state index in [0.29, 0.717) is 24.6 Å². The van der Waals surface area contributed by atoms with Crippen LogP contribution in [0.4, 0.5) is 5.82 Å². The molecule has 2 saturated heterocycles. The number of anilines is 1. The fourth-order valence-electron chi connectivity index (χ4n) is 3.68. The Hall–Kier alpha value is -1.73. The first-order chi connectivity index (χ1) is 11.4. The van der Waals surface area contributed by atoms with Crippen LogP contribution in [0, 0.1) is 5.92 Å². The van der Waals surface area contributed by atoms with Crippen LogP contribution in [0.2, 0.25) is 0 Å². The average molecular weight is 335 g/mol. The summed E-state index contributed by atoms with van der Waals surface area (Å²) in [5, 5.41) is 19.3. The fraction of sp³-hybridized carbons (Fsp3) is 0.706. The molecule has 2 aliphatic rings. The average Bonchev–Trinajstić information content (AvgIpc) is 2.55. The number of carboxylic acid groups (broad SMARTS) is 1. The van der Waals surface area contributed by atoms with Crippen LogP contribution in [-0.4, -0.2) is 57.0 Å². The third-order valence-corrected chi connectivity index (χ3v) is 5.10. The maximum Gasteiger partial charge on any atom is 0.356 e. The van der Waals surface area contributed by atoms with E-state index in [9.17, 15) is 9.90 Å². The molecule has 0 amide bonds. The topological polar surface area (TPSA) is 95.8 Å². The van der Waals surface area contributed by atoms with Crippen LogP contribution in [0.5, 0.6) is 0 Å². The number of piperidine rings is 1. The number of aliphatic hydroxyl groups excluding tert-OH is 1. The Morgan fingerprint density at radius 1 is 1.38 bits per heavy atom. The summed E-state index contributed by atoms with van der Waals surface area (Å²) in [4.78, 5) is 21.2. The number of hydrogen-bond donors (Lipinski definition) is 2. The van der Waals surface area contributed by atoms with Gasteiger partial charge >= 0.3 is 5.97 Å². The van der Waals surface area contributed by atoms with Crippen molar-refractivity contribution in [3.05, 3.63) is 18.1 Å². The summed E-state index contributed by atoms with van der Waals surface area (Å²) < 4.78 is 6.38. The Morgan fingerprint density at radius 3 is 2.71 bits per heavy atom. The molecule has 7 nitrogen and oxygen atoms in total. The van der Waals surface area contributed by atoms with Gasteiger partial charge in [0, 0.05) is 19.5 Å². The third kappa shape index (κ3) is 3.52. The Kier molecular flexibility index (Phi) is 4.73. The van der Waals surface area contributed by atoms with Crippen molar-refractivity contribution in [2.45, 2.75) is 57.3 Å². The number of carbonyl (C=O) groups is 1. The Balaban J connectivity index is 1.69. The zero-order chi connectivity index (χ0) is 17.3. The van der Waals surface area contributed by atoms with Crippen LogP contribution in [0.25, 0.3) is 0 Å². The van der Waals surface area contributed by atoms with Crippen LogP contribution in [0.15, 0.2) is 12.4 Å². The zero-order valence-electron chi connectivity index (χ0n) is 14.2. The molecule has 0 bridgehead atoms. The molecule has 1 aromatic rings. The van der Waals surface area contributed by atoms with Crippen molar-refractivity contribution >= 4 is 11.8 Å². The van der Waals surface area contributed by atoms with E-state index < -0.39 is 5.97 Å². The quantitative estimate of drug-likeness (QED) is 0.868. The van der Waals surface area contributed by atoms with E-state index >= 15 is 0 Å². The minimum Gasteiger partial charge on any atom is -0.476 e. The predicted octanol–water partition coefficient (Wildman–Crippen LogP) is 1.71. The zero-order valence-corrected chi connectivity index (χ0v) is 14.2. The smallest absolute Gasteiger partial charge is 0.356 e. The molecule has 1 spiro atoms. The number of carboxylic acids is 1. The first-order valence-electron chi connectivity index (χ1n) is 8.55. The molecule has 2 aliphatic heterocycles. The highest BCUT2D eigenvalue weighted by molar-refractivity contribution is 5.85. The summed E-state index contributed by atoms with van der Waals surface area (Å²) in [5.74, 6) is -0.106. The Labute approximate surface area is 141 Å². The van der Waals surface area contributed by atoms with Crippen molar-refractivity contribution in [1.82, 2.24) is 9.97 Å². The van der Waals surface area contributed by atoms with Crippen molar-refractivity contribution in [2.75, 3.05) is 18.0 Å². The molecular weight excluding hydrogens is 310 g/mol. The van der Waals surface area contributed by atoms with Gasteiger partial charge in [0.25, 0.3) is 0 Å². The minimum absolute atomic E-state index is 0.0444. The SMILES string of the molecule is CC(C)[C@H]1C[C@@H](O)CC2(CCN(c3cncc(C(=O)O)n3)CC2)O1. The van der Waals surface area contributed by atoms with E-state index in [4.69, 9.17) is 9.84 Å². The second-order valence-corrected chi connectivity index (χ2v) is 7.23. The van der Waals surface area contributed by atoms with E-state index in [1.165, 1.54) is 6.20 Å². The second-order valence-electron chi connectivity index (χ2n) is 7.23. The van der Waals surface area contributed by atoms with Crippen LogP contribution >= 0.6 is 0 Å². The van der Waals surface area contributed by atoms with Gasteiger partial charge in [0.1, 0.15) is 5.82 Å². The lowest BCUT2D eigenvalue weighted by atomic mass is 9.80. The van der Waals surface area contributed by atoms with Crippen LogP contribution in [0.1, 0.15) is 50.0 Å². The number of rotatable bonds is 3. The molecule has 3 rings (SSSR count). The summed E-state index contributed by atoms with van der Waals surface area (Å²) in [6, 6.07) is 0. The molecule has 0 unspecified atom stereocenters. The Morgan fingerprint density at radius 2 is 2.08 bits per heavy atom. The van der Waals surface area contributed by atoms with Gasteiger partial charge in [0.05, 0.1) is 30.2 Å². The van der Waals surface area contributed by atoms with Gasteiger partial charge in [-0.3, -0.25) is 4.98 Å². The van der Waals surface area contributed by atoms with Crippen molar-refractivity contribution < 1.29 is 19.7 Å². The molecule has 24 heavy (non-hydrogen) atoms. The molecule has 2 atom stereocenters. The molecule has 0 aromatic carbocycles. The maximum atomic E-state index is 11.0. The first kappa shape index (κ1) is 17.1. The normalized spacial score (nSPS) is 26.8. The predicted molar refractivity (Wildman–Crippen MR) is 88.1 cm³/mol. The fourth-order valence-corrected chi connectivity index (χ4v) is 3.68. The lowest BCUT2D eigenvalue weighted by Gasteiger charge is -2.49. The maximum absolute atomic E-state index is 11.0. The second kappa shape index (κ2) is 6.64. The molecule has 2 fully saturated rings. The highest BCUT2D eigenvalue weighted by atomic mass is 16.5. The van der Waals surface area contributed by atoms with Gasteiger partial charge in [0.2, 0.25) is 0 Å². The van der Waals surface area contributed by atoms with E-state index in [-0.39, 0.29) is 23.5 Å². The first-order valence-corrected chi connectivity index (χ1v) is 8.55. The van der Waals surface area contributed by atoms with Gasteiger partial charge < -0.3 is 19.8 Å². The van der Waals surface area contributed by atoms with E-state index in [2.05, 4.69) is 23.8 Å². The molecule has 0 radical (unpaired) electrons. The van der Waals surface area contributed by atoms with Gasteiger partial charge in [-0.05, 0) is 25.2 Å². The van der Waals surface area contributed by atoms with E-state index in [1.807, 2.05) is 4.90 Å². The number of aromatic carboxylic acids is 1. The van der Waals surface area contributed by atoms with Gasteiger partial charge in [-0.25, -0.2) is 9.78 Å². The molecule has 2 N–H and O–H groups in total. The molecule has 132 valence electrons. The standard InChI is InChI=1S/C17H25N3O4/c1-11(2)14-7-12(21)8-17(24-14)3-5-20(6-4-17)15-10-18-9-13(19-15)16(22)23/h9-12,14,21H,3-8H2,1-2H3,(H,22,23)/t12-,14-/m1/s1. The van der Waals surface area contributed by atoms with Gasteiger partial charge in [-0.1, -0.05) is 13.8 Å². The number of aliphatic hydroxyl groups is 1. The third-order valence-electron chi connectivity index (χ3n) is 5.10. The summed E-state index contributed by atoms with van der Waals surface area (Å²) >= 11 is 0. The number of ether oxygens (including phenoxy) is 1. The number of hydrogen-bond acceptors (Lipinski definition) is 6. The molecule has 1 aromatic heterocycles.